The zero-order valence-electron chi connectivity index (χ0n) is 10.9. The number of ether oxygens (including phenoxy) is 1. The van der Waals surface area contributed by atoms with Gasteiger partial charge in [0.05, 0.1) is 5.02 Å². The molecule has 2 nitrogen and oxygen atoms in total. The topological polar surface area (TPSA) is 35.2 Å². The lowest BCUT2D eigenvalue weighted by Crippen LogP contribution is -2.09. The highest BCUT2D eigenvalue weighted by atomic mass is 35.5. The van der Waals surface area contributed by atoms with Gasteiger partial charge in [-0.3, -0.25) is 0 Å². The summed E-state index contributed by atoms with van der Waals surface area (Å²) >= 11 is 5.85. The summed E-state index contributed by atoms with van der Waals surface area (Å²) in [6.07, 6.45) is 0. The van der Waals surface area contributed by atoms with Crippen LogP contribution in [0.5, 0.6) is 5.75 Å². The second-order valence-electron chi connectivity index (χ2n) is 4.47. The van der Waals surface area contributed by atoms with Crippen LogP contribution in [-0.2, 0) is 6.61 Å². The van der Waals surface area contributed by atoms with E-state index in [1.54, 1.807) is 19.1 Å². The van der Waals surface area contributed by atoms with Gasteiger partial charge in [-0.1, -0.05) is 23.7 Å². The van der Waals surface area contributed by atoms with Gasteiger partial charge in [0.25, 0.3) is 0 Å². The zero-order valence-corrected chi connectivity index (χ0v) is 11.6. The molecule has 0 saturated carbocycles. The third kappa shape index (κ3) is 3.26. The van der Waals surface area contributed by atoms with Crippen molar-refractivity contribution in [2.75, 3.05) is 0 Å². The maximum Gasteiger partial charge on any atom is 0.142 e. The molecule has 2 N–H and O–H groups in total. The van der Waals surface area contributed by atoms with E-state index in [1.165, 1.54) is 24.3 Å². The Morgan fingerprint density at radius 3 is 2.70 bits per heavy atom. The molecular weight excluding hydrogens is 284 g/mol. The van der Waals surface area contributed by atoms with Gasteiger partial charge in [-0.15, -0.1) is 0 Å². The molecule has 0 bridgehead atoms. The minimum Gasteiger partial charge on any atom is -0.489 e. The van der Waals surface area contributed by atoms with Crippen molar-refractivity contribution < 1.29 is 13.5 Å². The van der Waals surface area contributed by atoms with Crippen LogP contribution in [0.4, 0.5) is 8.78 Å². The lowest BCUT2D eigenvalue weighted by Gasteiger charge is -2.14. The maximum absolute atomic E-state index is 13.3. The van der Waals surface area contributed by atoms with Gasteiger partial charge in [0.1, 0.15) is 24.0 Å². The van der Waals surface area contributed by atoms with Crippen molar-refractivity contribution in [1.82, 2.24) is 0 Å². The van der Waals surface area contributed by atoms with Crippen LogP contribution in [0, 0.1) is 11.6 Å². The van der Waals surface area contributed by atoms with Crippen LogP contribution in [0.15, 0.2) is 36.4 Å². The van der Waals surface area contributed by atoms with Crippen molar-refractivity contribution in [3.8, 4) is 5.75 Å². The quantitative estimate of drug-likeness (QED) is 0.917. The molecule has 20 heavy (non-hydrogen) atoms. The molecule has 0 aliphatic carbocycles. The summed E-state index contributed by atoms with van der Waals surface area (Å²) in [4.78, 5) is 0. The van der Waals surface area contributed by atoms with E-state index >= 15 is 0 Å². The first-order valence-electron chi connectivity index (χ1n) is 6.09. The maximum atomic E-state index is 13.3. The molecule has 0 unspecified atom stereocenters. The second-order valence-corrected chi connectivity index (χ2v) is 4.85. The molecule has 106 valence electrons. The van der Waals surface area contributed by atoms with Gasteiger partial charge in [-0.2, -0.15) is 0 Å². The highest BCUT2D eigenvalue weighted by Crippen LogP contribution is 2.27. The lowest BCUT2D eigenvalue weighted by molar-refractivity contribution is 0.300. The Balaban J connectivity index is 2.21. The summed E-state index contributed by atoms with van der Waals surface area (Å²) in [6, 6.07) is 8.24. The number of hydrogen-bond donors (Lipinski definition) is 1. The number of benzene rings is 2. The predicted molar refractivity (Wildman–Crippen MR) is 74.7 cm³/mol. The Morgan fingerprint density at radius 2 is 2.00 bits per heavy atom. The van der Waals surface area contributed by atoms with E-state index < -0.39 is 5.82 Å². The molecular formula is C15H14ClF2NO. The largest absolute Gasteiger partial charge is 0.489 e. The smallest absolute Gasteiger partial charge is 0.142 e. The molecule has 0 amide bonds. The highest BCUT2D eigenvalue weighted by Gasteiger charge is 2.11. The third-order valence-electron chi connectivity index (χ3n) is 2.88. The first-order chi connectivity index (χ1) is 9.49. The Bertz CT molecular complexity index is 617. The number of rotatable bonds is 4. The molecule has 0 spiro atoms. The molecule has 0 aromatic heterocycles. The van der Waals surface area contributed by atoms with Gasteiger partial charge in [0.15, 0.2) is 0 Å². The van der Waals surface area contributed by atoms with E-state index in [1.807, 2.05) is 0 Å². The van der Waals surface area contributed by atoms with Crippen LogP contribution >= 0.6 is 11.6 Å². The van der Waals surface area contributed by atoms with Gasteiger partial charge in [0, 0.05) is 17.2 Å². The van der Waals surface area contributed by atoms with E-state index in [0.29, 0.717) is 16.9 Å². The summed E-state index contributed by atoms with van der Waals surface area (Å²) in [5.41, 5.74) is 6.85. The molecule has 0 heterocycles. The lowest BCUT2D eigenvalue weighted by atomic mass is 10.1. The normalized spacial score (nSPS) is 12.2. The average molecular weight is 298 g/mol. The molecule has 0 saturated heterocycles. The molecule has 5 heteroatoms. The van der Waals surface area contributed by atoms with E-state index in [4.69, 9.17) is 22.1 Å². The first kappa shape index (κ1) is 14.8. The molecule has 0 radical (unpaired) electrons. The molecule has 0 aliphatic heterocycles. The molecule has 2 aromatic carbocycles. The fourth-order valence-corrected chi connectivity index (χ4v) is 2.00. The van der Waals surface area contributed by atoms with E-state index in [9.17, 15) is 8.78 Å². The first-order valence-corrected chi connectivity index (χ1v) is 6.47. The van der Waals surface area contributed by atoms with Crippen molar-refractivity contribution in [3.63, 3.8) is 0 Å². The Hall–Kier alpha value is -1.65. The highest BCUT2D eigenvalue weighted by molar-refractivity contribution is 6.31. The predicted octanol–water partition coefficient (Wildman–Crippen LogP) is 4.22. The van der Waals surface area contributed by atoms with Crippen LogP contribution in [0.25, 0.3) is 0 Å². The van der Waals surface area contributed by atoms with Gasteiger partial charge in [-0.05, 0) is 31.2 Å². The van der Waals surface area contributed by atoms with E-state index in [0.717, 1.165) is 0 Å². The van der Waals surface area contributed by atoms with Crippen molar-refractivity contribution in [2.45, 2.75) is 19.6 Å². The summed E-state index contributed by atoms with van der Waals surface area (Å²) in [6.45, 7) is 1.82. The molecule has 1 atom stereocenters. The van der Waals surface area contributed by atoms with E-state index in [2.05, 4.69) is 0 Å². The Kier molecular flexibility index (Phi) is 4.57. The minimum absolute atomic E-state index is 0.0250. The summed E-state index contributed by atoms with van der Waals surface area (Å²) < 4.78 is 32.1. The minimum atomic E-state index is -0.501. The number of halogens is 3. The van der Waals surface area contributed by atoms with Crippen LogP contribution in [0.3, 0.4) is 0 Å². The third-order valence-corrected chi connectivity index (χ3v) is 3.30. The van der Waals surface area contributed by atoms with Crippen LogP contribution in [0.1, 0.15) is 24.1 Å². The van der Waals surface area contributed by atoms with Crippen molar-refractivity contribution in [2.24, 2.45) is 5.73 Å². The SMILES string of the molecule is C[C@@H](N)c1cc(F)ccc1OCc1cccc(F)c1Cl. The molecule has 0 aliphatic rings. The average Bonchev–Trinajstić information content (AvgIpc) is 2.41. The van der Waals surface area contributed by atoms with Crippen molar-refractivity contribution >= 4 is 11.6 Å². The van der Waals surface area contributed by atoms with E-state index in [-0.39, 0.29) is 23.5 Å². The Morgan fingerprint density at radius 1 is 1.25 bits per heavy atom. The summed E-state index contributed by atoms with van der Waals surface area (Å²) in [7, 11) is 0. The van der Waals surface area contributed by atoms with Gasteiger partial charge < -0.3 is 10.5 Å². The standard InChI is InChI=1S/C15H14ClF2NO/c1-9(19)12-7-11(17)5-6-14(12)20-8-10-3-2-4-13(18)15(10)16/h2-7,9H,8,19H2,1H3/t9-/m1/s1. The monoisotopic (exact) mass is 297 g/mol. The van der Waals surface area contributed by atoms with Crippen molar-refractivity contribution in [1.29, 1.82) is 0 Å². The van der Waals surface area contributed by atoms with Gasteiger partial charge in [0.2, 0.25) is 0 Å². The molecule has 2 rings (SSSR count). The zero-order chi connectivity index (χ0) is 14.7. The number of nitrogens with two attached hydrogens (primary N) is 1. The summed E-state index contributed by atoms with van der Waals surface area (Å²) in [5.74, 6) is -0.422. The molecule has 2 aromatic rings. The Labute approximate surface area is 121 Å². The number of hydrogen-bond acceptors (Lipinski definition) is 2. The van der Waals surface area contributed by atoms with Crippen molar-refractivity contribution in [3.05, 3.63) is 64.2 Å². The van der Waals surface area contributed by atoms with Gasteiger partial charge in [-0.25, -0.2) is 8.78 Å². The second kappa shape index (κ2) is 6.20. The fraction of sp³-hybridized carbons (Fsp3) is 0.200. The van der Waals surface area contributed by atoms with Crippen LogP contribution in [0.2, 0.25) is 5.02 Å². The molecule has 0 fully saturated rings. The fourth-order valence-electron chi connectivity index (χ4n) is 1.82. The van der Waals surface area contributed by atoms with Gasteiger partial charge >= 0.3 is 0 Å². The van der Waals surface area contributed by atoms with Crippen LogP contribution in [-0.4, -0.2) is 0 Å². The summed E-state index contributed by atoms with van der Waals surface area (Å²) in [5, 5.41) is 0.0250. The van der Waals surface area contributed by atoms with Crippen LogP contribution < -0.4 is 10.5 Å².